The summed E-state index contributed by atoms with van der Waals surface area (Å²) in [5.41, 5.74) is 4.89. The summed E-state index contributed by atoms with van der Waals surface area (Å²) in [4.78, 5) is 13.2. The minimum atomic E-state index is -0.394. The van der Waals surface area contributed by atoms with Crippen LogP contribution in [0.25, 0.3) is 0 Å². The molecule has 0 bridgehead atoms. The van der Waals surface area contributed by atoms with Gasteiger partial charge in [0.05, 0.1) is 46.3 Å². The molecule has 164 valence electrons. The number of aryl methyl sites for hydroxylation is 2. The molecule has 0 aliphatic rings. The van der Waals surface area contributed by atoms with Crippen LogP contribution in [0.2, 0.25) is 10.0 Å². The molecule has 2 N–H and O–H groups in total. The molecule has 3 aromatic rings. The van der Waals surface area contributed by atoms with Crippen LogP contribution in [-0.2, 0) is 11.3 Å². The van der Waals surface area contributed by atoms with E-state index in [0.717, 1.165) is 33.1 Å². The Morgan fingerprint density at radius 3 is 2.55 bits per heavy atom. The van der Waals surface area contributed by atoms with Gasteiger partial charge in [0.25, 0.3) is 0 Å². The monoisotopic (exact) mass is 496 g/mol. The zero-order valence-corrected chi connectivity index (χ0v) is 20.9. The molecule has 0 fully saturated rings. The van der Waals surface area contributed by atoms with Crippen LogP contribution in [0.15, 0.2) is 18.2 Å². The average Bonchev–Trinajstić information content (AvgIpc) is 3.13. The fourth-order valence-corrected chi connectivity index (χ4v) is 4.80. The lowest BCUT2D eigenvalue weighted by molar-refractivity contribution is 0.0601. The first-order chi connectivity index (χ1) is 14.6. The summed E-state index contributed by atoms with van der Waals surface area (Å²) >= 11 is 19.1. The summed E-state index contributed by atoms with van der Waals surface area (Å²) in [5.74, 6) is -0.394. The Kier molecular flexibility index (Phi) is 7.26. The number of anilines is 2. The van der Waals surface area contributed by atoms with Crippen molar-refractivity contribution in [2.75, 3.05) is 17.7 Å². The van der Waals surface area contributed by atoms with Crippen LogP contribution in [-0.4, -0.2) is 28.0 Å². The Morgan fingerprint density at radius 1 is 1.19 bits per heavy atom. The number of esters is 1. The number of aromatic nitrogens is 2. The van der Waals surface area contributed by atoms with Crippen LogP contribution in [0, 0.1) is 27.7 Å². The van der Waals surface area contributed by atoms with Crippen LogP contribution in [0.4, 0.5) is 10.7 Å². The number of ether oxygens (including phenoxy) is 1. The minimum absolute atomic E-state index is 0.367. The maximum Gasteiger partial charge on any atom is 0.341 e. The summed E-state index contributed by atoms with van der Waals surface area (Å²) in [7, 11) is 1.37. The van der Waals surface area contributed by atoms with E-state index in [1.807, 2.05) is 44.5 Å². The number of halogens is 2. The third-order valence-corrected chi connectivity index (χ3v) is 7.00. The molecule has 0 spiro atoms. The lowest BCUT2D eigenvalue weighted by atomic mass is 10.1. The highest BCUT2D eigenvalue weighted by Gasteiger charge is 2.21. The number of methoxy groups -OCH3 is 1. The Labute approximate surface area is 200 Å². The van der Waals surface area contributed by atoms with Crippen LogP contribution in [0.1, 0.15) is 37.7 Å². The molecule has 0 unspecified atom stereocenters. The number of carbonyl (C=O) groups is 1. The van der Waals surface area contributed by atoms with Gasteiger partial charge < -0.3 is 15.4 Å². The summed E-state index contributed by atoms with van der Waals surface area (Å²) < 4.78 is 6.79. The Bertz CT molecular complexity index is 1170. The third-order valence-electron chi connectivity index (χ3n) is 4.94. The largest absolute Gasteiger partial charge is 0.465 e. The van der Waals surface area contributed by atoms with Gasteiger partial charge >= 0.3 is 5.97 Å². The van der Waals surface area contributed by atoms with Gasteiger partial charge in [-0.2, -0.15) is 5.10 Å². The number of nitrogens with one attached hydrogen (secondary N) is 2. The van der Waals surface area contributed by atoms with E-state index in [1.54, 1.807) is 6.07 Å². The second-order valence-electron chi connectivity index (χ2n) is 7.01. The van der Waals surface area contributed by atoms with E-state index in [9.17, 15) is 4.79 Å². The smallest absolute Gasteiger partial charge is 0.341 e. The molecule has 1 aromatic carbocycles. The zero-order chi connectivity index (χ0) is 22.9. The number of thiophene rings is 1. The highest BCUT2D eigenvalue weighted by Crippen LogP contribution is 2.33. The normalized spacial score (nSPS) is 10.8. The van der Waals surface area contributed by atoms with E-state index < -0.39 is 5.97 Å². The van der Waals surface area contributed by atoms with E-state index >= 15 is 0 Å². The predicted molar refractivity (Wildman–Crippen MR) is 132 cm³/mol. The van der Waals surface area contributed by atoms with E-state index in [4.69, 9.17) is 40.2 Å². The second-order valence-corrected chi connectivity index (χ2v) is 9.46. The van der Waals surface area contributed by atoms with Gasteiger partial charge in [0.1, 0.15) is 5.00 Å². The molecule has 0 amide bonds. The number of benzene rings is 1. The number of nitrogens with zero attached hydrogens (tertiary/aromatic N) is 2. The van der Waals surface area contributed by atoms with Gasteiger partial charge in [-0.3, -0.25) is 4.68 Å². The first kappa shape index (κ1) is 23.5. The lowest BCUT2D eigenvalue weighted by Gasteiger charge is -2.11. The summed E-state index contributed by atoms with van der Waals surface area (Å²) in [6.07, 6.45) is 0. The highest BCUT2D eigenvalue weighted by atomic mass is 35.5. The van der Waals surface area contributed by atoms with Gasteiger partial charge in [0.15, 0.2) is 5.11 Å². The second kappa shape index (κ2) is 9.56. The first-order valence-corrected chi connectivity index (χ1v) is 11.3. The van der Waals surface area contributed by atoms with Crippen molar-refractivity contribution in [1.29, 1.82) is 0 Å². The van der Waals surface area contributed by atoms with Crippen molar-refractivity contribution in [3.8, 4) is 0 Å². The minimum Gasteiger partial charge on any atom is -0.465 e. The molecule has 2 aromatic heterocycles. The van der Waals surface area contributed by atoms with Crippen molar-refractivity contribution >= 4 is 68.5 Å². The molecule has 3 rings (SSSR count). The number of rotatable bonds is 5. The summed E-state index contributed by atoms with van der Waals surface area (Å²) in [5, 5.41) is 13.0. The molecule has 0 aliphatic heterocycles. The van der Waals surface area contributed by atoms with Crippen LogP contribution < -0.4 is 10.6 Å². The molecule has 0 radical (unpaired) electrons. The Morgan fingerprint density at radius 2 is 1.90 bits per heavy atom. The van der Waals surface area contributed by atoms with E-state index in [2.05, 4.69) is 15.7 Å². The molecule has 0 aliphatic carbocycles. The molecule has 31 heavy (non-hydrogen) atoms. The van der Waals surface area contributed by atoms with Crippen molar-refractivity contribution in [3.63, 3.8) is 0 Å². The zero-order valence-electron chi connectivity index (χ0n) is 17.7. The van der Waals surface area contributed by atoms with Crippen LogP contribution in [0.3, 0.4) is 0 Å². The Balaban J connectivity index is 1.79. The fraction of sp³-hybridized carbons (Fsp3) is 0.286. The van der Waals surface area contributed by atoms with Gasteiger partial charge in [0.2, 0.25) is 0 Å². The number of carbonyl (C=O) groups excluding carboxylic acids is 1. The van der Waals surface area contributed by atoms with Crippen LogP contribution >= 0.6 is 46.8 Å². The highest BCUT2D eigenvalue weighted by molar-refractivity contribution is 7.80. The molecular formula is C21H22Cl2N4O2S2. The fourth-order valence-electron chi connectivity index (χ4n) is 3.15. The van der Waals surface area contributed by atoms with Crippen molar-refractivity contribution in [3.05, 3.63) is 61.2 Å². The maximum absolute atomic E-state index is 12.2. The topological polar surface area (TPSA) is 68.2 Å². The van der Waals surface area contributed by atoms with Gasteiger partial charge in [-0.15, -0.1) is 11.3 Å². The van der Waals surface area contributed by atoms with E-state index in [1.165, 1.54) is 18.4 Å². The van der Waals surface area contributed by atoms with Gasteiger partial charge in [-0.1, -0.05) is 29.3 Å². The molecule has 2 heterocycles. The standard InChI is InChI=1S/C21H22Cl2N4O2S2/c1-10-13(4)31-19(17(10)20(28)29-5)25-21(30)24-18-11(2)26-27(12(18)3)9-14-6-7-15(22)16(23)8-14/h6-8H,9H2,1-5H3,(H2,24,25,30). The van der Waals surface area contributed by atoms with Crippen molar-refractivity contribution in [2.45, 2.75) is 34.2 Å². The number of hydrogen-bond acceptors (Lipinski definition) is 5. The third kappa shape index (κ3) is 5.03. The number of thiocarbonyl (C=S) groups is 1. The molecular weight excluding hydrogens is 475 g/mol. The van der Waals surface area contributed by atoms with Gasteiger partial charge in [-0.05, 0) is 63.2 Å². The van der Waals surface area contributed by atoms with Crippen molar-refractivity contribution < 1.29 is 9.53 Å². The predicted octanol–water partition coefficient (Wildman–Crippen LogP) is 6.13. The van der Waals surface area contributed by atoms with Gasteiger partial charge in [0, 0.05) is 4.88 Å². The van der Waals surface area contributed by atoms with E-state index in [-0.39, 0.29) is 0 Å². The quantitative estimate of drug-likeness (QED) is 0.327. The molecule has 6 nitrogen and oxygen atoms in total. The van der Waals surface area contributed by atoms with Crippen LogP contribution in [0.5, 0.6) is 0 Å². The Hall–Kier alpha value is -2.13. The maximum atomic E-state index is 12.2. The van der Waals surface area contributed by atoms with Crippen molar-refractivity contribution in [2.24, 2.45) is 0 Å². The average molecular weight is 497 g/mol. The summed E-state index contributed by atoms with van der Waals surface area (Å²) in [6.45, 7) is 8.25. The summed E-state index contributed by atoms with van der Waals surface area (Å²) in [6, 6.07) is 5.52. The van der Waals surface area contributed by atoms with E-state index in [0.29, 0.717) is 32.3 Å². The SMILES string of the molecule is COC(=O)c1c(NC(=S)Nc2c(C)nn(Cc3ccc(Cl)c(Cl)c3)c2C)sc(C)c1C. The molecule has 0 atom stereocenters. The first-order valence-electron chi connectivity index (χ1n) is 9.36. The lowest BCUT2D eigenvalue weighted by Crippen LogP contribution is -2.21. The van der Waals surface area contributed by atoms with Crippen molar-refractivity contribution in [1.82, 2.24) is 9.78 Å². The molecule has 0 saturated heterocycles. The molecule has 10 heteroatoms. The number of hydrogen-bond donors (Lipinski definition) is 2. The molecule has 0 saturated carbocycles. The van der Waals surface area contributed by atoms with Gasteiger partial charge in [-0.25, -0.2) is 4.79 Å².